The molecule has 0 radical (unpaired) electrons. The Morgan fingerprint density at radius 3 is 2.47 bits per heavy atom. The Balaban J connectivity index is 1.88. The van der Waals surface area contributed by atoms with Gasteiger partial charge in [0.15, 0.2) is 0 Å². The van der Waals surface area contributed by atoms with Crippen LogP contribution in [0.3, 0.4) is 0 Å². The fourth-order valence-electron chi connectivity index (χ4n) is 2.71. The number of hydrogen-bond donors (Lipinski definition) is 1. The maximum atomic E-state index is 6.06. The number of rotatable bonds is 5. The van der Waals surface area contributed by atoms with E-state index in [2.05, 4.69) is 24.1 Å². The number of nitrogens with zero attached hydrogens (tertiary/aromatic N) is 1. The Labute approximate surface area is 126 Å². The molecule has 4 heteroatoms. The second-order valence-corrected chi connectivity index (χ2v) is 6.29. The summed E-state index contributed by atoms with van der Waals surface area (Å²) in [4.78, 5) is 2.53. The molecule has 106 valence electrons. The minimum absolute atomic E-state index is 0.285. The van der Waals surface area contributed by atoms with Crippen molar-refractivity contribution in [1.82, 2.24) is 10.2 Å². The van der Waals surface area contributed by atoms with Gasteiger partial charge < -0.3 is 10.2 Å². The summed E-state index contributed by atoms with van der Waals surface area (Å²) >= 11 is 12.0. The normalized spacial score (nSPS) is 19.6. The van der Waals surface area contributed by atoms with E-state index in [0.717, 1.165) is 6.54 Å². The average molecular weight is 301 g/mol. The van der Waals surface area contributed by atoms with Crippen molar-refractivity contribution in [3.05, 3.63) is 33.8 Å². The van der Waals surface area contributed by atoms with Crippen molar-refractivity contribution in [2.45, 2.75) is 38.8 Å². The number of likely N-dealkylation sites (tertiary alicyclic amines) is 1. The van der Waals surface area contributed by atoms with Gasteiger partial charge in [0.1, 0.15) is 0 Å². The summed E-state index contributed by atoms with van der Waals surface area (Å²) in [7, 11) is 0. The highest BCUT2D eigenvalue weighted by atomic mass is 35.5. The number of halogens is 2. The number of nitrogens with one attached hydrogen (secondary N) is 1. The highest BCUT2D eigenvalue weighted by Crippen LogP contribution is 2.25. The number of benzene rings is 1. The van der Waals surface area contributed by atoms with Gasteiger partial charge in [0, 0.05) is 18.6 Å². The first-order valence-electron chi connectivity index (χ1n) is 6.99. The molecule has 1 heterocycles. The predicted octanol–water partition coefficient (Wildman–Crippen LogP) is 4.13. The largest absolute Gasteiger partial charge is 0.306 e. The Morgan fingerprint density at radius 1 is 1.16 bits per heavy atom. The molecule has 1 saturated heterocycles. The lowest BCUT2D eigenvalue weighted by atomic mass is 10.1. The lowest BCUT2D eigenvalue weighted by molar-refractivity contribution is 0.289. The van der Waals surface area contributed by atoms with Crippen molar-refractivity contribution in [3.8, 4) is 0 Å². The Morgan fingerprint density at radius 2 is 1.84 bits per heavy atom. The molecule has 1 aliphatic rings. The third-order valence-electron chi connectivity index (χ3n) is 3.71. The van der Waals surface area contributed by atoms with Crippen molar-refractivity contribution in [1.29, 1.82) is 0 Å². The third-order valence-corrected chi connectivity index (χ3v) is 4.45. The minimum atomic E-state index is 0.285. The summed E-state index contributed by atoms with van der Waals surface area (Å²) in [5.74, 6) is 0. The first-order valence-corrected chi connectivity index (χ1v) is 7.75. The summed E-state index contributed by atoms with van der Waals surface area (Å²) in [6, 6.07) is 6.61. The van der Waals surface area contributed by atoms with Gasteiger partial charge in [-0.3, -0.25) is 0 Å². The van der Waals surface area contributed by atoms with Crippen LogP contribution >= 0.6 is 23.2 Å². The molecule has 0 aromatic heterocycles. The zero-order valence-corrected chi connectivity index (χ0v) is 13.1. The molecule has 2 unspecified atom stereocenters. The van der Waals surface area contributed by atoms with Gasteiger partial charge in [0.2, 0.25) is 0 Å². The van der Waals surface area contributed by atoms with Crippen LogP contribution in [0.25, 0.3) is 0 Å². The first-order chi connectivity index (χ1) is 9.06. The van der Waals surface area contributed by atoms with Gasteiger partial charge in [-0.15, -0.1) is 0 Å². The van der Waals surface area contributed by atoms with Gasteiger partial charge in [0.05, 0.1) is 10.0 Å². The van der Waals surface area contributed by atoms with E-state index >= 15 is 0 Å². The molecule has 0 saturated carbocycles. The third kappa shape index (κ3) is 4.35. The van der Waals surface area contributed by atoms with E-state index in [4.69, 9.17) is 23.2 Å². The molecule has 1 aromatic carbocycles. The molecule has 0 amide bonds. The number of hydrogen-bond acceptors (Lipinski definition) is 2. The van der Waals surface area contributed by atoms with Gasteiger partial charge in [-0.05, 0) is 57.5 Å². The Bertz CT molecular complexity index is 417. The van der Waals surface area contributed by atoms with Crippen LogP contribution in [0, 0.1) is 0 Å². The second kappa shape index (κ2) is 6.94. The van der Waals surface area contributed by atoms with E-state index in [9.17, 15) is 0 Å². The van der Waals surface area contributed by atoms with Crippen LogP contribution in [0.5, 0.6) is 0 Å². The smallest absolute Gasteiger partial charge is 0.0595 e. The van der Waals surface area contributed by atoms with Crippen LogP contribution in [0.15, 0.2) is 18.2 Å². The summed E-state index contributed by atoms with van der Waals surface area (Å²) in [5, 5.41) is 4.86. The van der Waals surface area contributed by atoms with Gasteiger partial charge in [-0.1, -0.05) is 29.3 Å². The predicted molar refractivity (Wildman–Crippen MR) is 83.1 cm³/mol. The molecular weight excluding hydrogens is 279 g/mol. The van der Waals surface area contributed by atoms with Crippen LogP contribution < -0.4 is 5.32 Å². The van der Waals surface area contributed by atoms with Gasteiger partial charge in [-0.2, -0.15) is 0 Å². The van der Waals surface area contributed by atoms with Crippen molar-refractivity contribution in [3.63, 3.8) is 0 Å². The molecule has 1 N–H and O–H groups in total. The quantitative estimate of drug-likeness (QED) is 0.879. The van der Waals surface area contributed by atoms with Gasteiger partial charge in [0.25, 0.3) is 0 Å². The fraction of sp³-hybridized carbons (Fsp3) is 0.600. The van der Waals surface area contributed by atoms with Crippen LogP contribution in [-0.2, 0) is 0 Å². The average Bonchev–Trinajstić information content (AvgIpc) is 2.85. The molecule has 1 aliphatic heterocycles. The molecule has 2 atom stereocenters. The summed E-state index contributed by atoms with van der Waals surface area (Å²) in [6.07, 6.45) is 2.68. The molecule has 1 fully saturated rings. The van der Waals surface area contributed by atoms with Crippen molar-refractivity contribution >= 4 is 23.2 Å². The van der Waals surface area contributed by atoms with Gasteiger partial charge >= 0.3 is 0 Å². The molecular formula is C15H22Cl2N2. The van der Waals surface area contributed by atoms with E-state index in [1.54, 1.807) is 0 Å². The zero-order chi connectivity index (χ0) is 13.8. The second-order valence-electron chi connectivity index (χ2n) is 5.47. The van der Waals surface area contributed by atoms with Crippen molar-refractivity contribution in [2.24, 2.45) is 0 Å². The van der Waals surface area contributed by atoms with Crippen LogP contribution in [0.4, 0.5) is 0 Å². The van der Waals surface area contributed by atoms with E-state index in [1.165, 1.54) is 31.5 Å². The van der Waals surface area contributed by atoms with E-state index in [0.29, 0.717) is 16.1 Å². The lowest BCUT2D eigenvalue weighted by Gasteiger charge is -2.25. The maximum absolute atomic E-state index is 6.06. The molecule has 1 aromatic rings. The molecule has 2 rings (SSSR count). The summed E-state index contributed by atoms with van der Waals surface area (Å²) in [5.41, 5.74) is 1.18. The SMILES string of the molecule is CC(CN1CCCC1)NC(C)c1ccc(Cl)c(Cl)c1. The van der Waals surface area contributed by atoms with Crippen LogP contribution in [0.1, 0.15) is 38.3 Å². The van der Waals surface area contributed by atoms with Crippen LogP contribution in [-0.4, -0.2) is 30.6 Å². The highest BCUT2D eigenvalue weighted by Gasteiger charge is 2.16. The first kappa shape index (κ1) is 15.1. The van der Waals surface area contributed by atoms with Crippen LogP contribution in [0.2, 0.25) is 10.0 Å². The molecule has 0 aliphatic carbocycles. The maximum Gasteiger partial charge on any atom is 0.0595 e. The fourth-order valence-corrected chi connectivity index (χ4v) is 3.02. The van der Waals surface area contributed by atoms with Crippen molar-refractivity contribution < 1.29 is 0 Å². The summed E-state index contributed by atoms with van der Waals surface area (Å²) < 4.78 is 0. The lowest BCUT2D eigenvalue weighted by Crippen LogP contribution is -2.39. The minimum Gasteiger partial charge on any atom is -0.306 e. The molecule has 2 nitrogen and oxygen atoms in total. The topological polar surface area (TPSA) is 15.3 Å². The standard InChI is InChI=1S/C15H22Cl2N2/c1-11(10-19-7-3-4-8-19)18-12(2)13-5-6-14(16)15(17)9-13/h5-6,9,11-12,18H,3-4,7-8,10H2,1-2H3. The monoisotopic (exact) mass is 300 g/mol. The Kier molecular flexibility index (Phi) is 5.52. The Hall–Kier alpha value is -0.280. The van der Waals surface area contributed by atoms with E-state index < -0.39 is 0 Å². The molecule has 0 spiro atoms. The summed E-state index contributed by atoms with van der Waals surface area (Å²) in [6.45, 7) is 8.01. The van der Waals surface area contributed by atoms with E-state index in [1.807, 2.05) is 18.2 Å². The molecule has 19 heavy (non-hydrogen) atoms. The zero-order valence-electron chi connectivity index (χ0n) is 11.6. The molecule has 0 bridgehead atoms. The van der Waals surface area contributed by atoms with Crippen molar-refractivity contribution in [2.75, 3.05) is 19.6 Å². The highest BCUT2D eigenvalue weighted by molar-refractivity contribution is 6.42. The van der Waals surface area contributed by atoms with E-state index in [-0.39, 0.29) is 6.04 Å². The van der Waals surface area contributed by atoms with Gasteiger partial charge in [-0.25, -0.2) is 0 Å².